The maximum atomic E-state index is 11.7. The lowest BCUT2D eigenvalue weighted by atomic mass is 10.1. The quantitative estimate of drug-likeness (QED) is 0.891. The predicted molar refractivity (Wildman–Crippen MR) is 79.0 cm³/mol. The van der Waals surface area contributed by atoms with E-state index in [1.165, 1.54) is 0 Å². The van der Waals surface area contributed by atoms with Crippen molar-refractivity contribution in [2.24, 2.45) is 0 Å². The second kappa shape index (κ2) is 6.36. The van der Waals surface area contributed by atoms with Gasteiger partial charge in [0, 0.05) is 9.90 Å². The Labute approximate surface area is 123 Å². The first-order valence-electron chi connectivity index (χ1n) is 5.39. The maximum Gasteiger partial charge on any atom is 0.224 e. The summed E-state index contributed by atoms with van der Waals surface area (Å²) >= 11 is 10.8. The van der Waals surface area contributed by atoms with Crippen LogP contribution in [0.3, 0.4) is 0 Å². The Kier molecular flexibility index (Phi) is 4.80. The number of hydrogen-bond donors (Lipinski definition) is 1. The molecule has 0 aliphatic carbocycles. The van der Waals surface area contributed by atoms with E-state index in [0.717, 1.165) is 14.2 Å². The van der Waals surface area contributed by atoms with Crippen LogP contribution in [0.15, 0.2) is 40.2 Å². The van der Waals surface area contributed by atoms with E-state index in [4.69, 9.17) is 11.6 Å². The summed E-state index contributed by atoms with van der Waals surface area (Å²) in [6, 6.07) is 11.3. The first kappa shape index (κ1) is 13.6. The molecule has 0 saturated heterocycles. The molecule has 2 rings (SSSR count). The van der Waals surface area contributed by atoms with E-state index in [1.54, 1.807) is 23.5 Å². The van der Waals surface area contributed by atoms with E-state index < -0.39 is 0 Å². The molecule has 0 bridgehead atoms. The van der Waals surface area contributed by atoms with E-state index in [9.17, 15) is 4.79 Å². The molecule has 2 aromatic rings. The summed E-state index contributed by atoms with van der Waals surface area (Å²) in [7, 11) is 0. The molecule has 0 aliphatic heterocycles. The van der Waals surface area contributed by atoms with Crippen molar-refractivity contribution < 1.29 is 4.79 Å². The molecular formula is C13H11BrClNOS. The van der Waals surface area contributed by atoms with Gasteiger partial charge in [-0.2, -0.15) is 0 Å². The number of carbonyl (C=O) groups is 1. The molecule has 0 aliphatic rings. The van der Waals surface area contributed by atoms with Crippen LogP contribution in [0.1, 0.15) is 10.4 Å². The SMILES string of the molecule is O=C(Cc1ccc(Cl)cc1)NCc1ccc(Br)s1. The maximum absolute atomic E-state index is 11.7. The topological polar surface area (TPSA) is 29.1 Å². The van der Waals surface area contributed by atoms with Crippen molar-refractivity contribution in [1.82, 2.24) is 5.32 Å². The molecule has 5 heteroatoms. The zero-order valence-corrected chi connectivity index (χ0v) is 12.6. The molecular weight excluding hydrogens is 334 g/mol. The van der Waals surface area contributed by atoms with Crippen molar-refractivity contribution in [1.29, 1.82) is 0 Å². The highest BCUT2D eigenvalue weighted by Gasteiger charge is 2.04. The fraction of sp³-hybridized carbons (Fsp3) is 0.154. The highest BCUT2D eigenvalue weighted by Crippen LogP contribution is 2.21. The molecule has 0 spiro atoms. The van der Waals surface area contributed by atoms with E-state index in [-0.39, 0.29) is 5.91 Å². The second-order valence-corrected chi connectivity index (χ2v) is 6.77. The predicted octanol–water partition coefficient (Wildman–Crippen LogP) is 4.02. The number of hydrogen-bond acceptors (Lipinski definition) is 2. The lowest BCUT2D eigenvalue weighted by molar-refractivity contribution is -0.120. The van der Waals surface area contributed by atoms with Gasteiger partial charge >= 0.3 is 0 Å². The fourth-order valence-electron chi connectivity index (χ4n) is 1.48. The number of rotatable bonds is 4. The Balaban J connectivity index is 1.83. The molecule has 1 N–H and O–H groups in total. The molecule has 18 heavy (non-hydrogen) atoms. The molecule has 2 nitrogen and oxygen atoms in total. The number of carbonyl (C=O) groups excluding carboxylic acids is 1. The average Bonchev–Trinajstić information content (AvgIpc) is 2.76. The average molecular weight is 345 g/mol. The largest absolute Gasteiger partial charge is 0.351 e. The smallest absolute Gasteiger partial charge is 0.224 e. The van der Waals surface area contributed by atoms with Gasteiger partial charge in [-0.15, -0.1) is 11.3 Å². The van der Waals surface area contributed by atoms with E-state index >= 15 is 0 Å². The third-order valence-electron chi connectivity index (χ3n) is 2.37. The van der Waals surface area contributed by atoms with Gasteiger partial charge < -0.3 is 5.32 Å². The van der Waals surface area contributed by atoms with Crippen LogP contribution in [0.4, 0.5) is 0 Å². The van der Waals surface area contributed by atoms with Crippen LogP contribution in [0.2, 0.25) is 5.02 Å². The van der Waals surface area contributed by atoms with Crippen molar-refractivity contribution in [3.63, 3.8) is 0 Å². The summed E-state index contributed by atoms with van der Waals surface area (Å²) in [5.74, 6) is 0.0156. The van der Waals surface area contributed by atoms with Gasteiger partial charge in [0.1, 0.15) is 0 Å². The standard InChI is InChI=1S/C13H11BrClNOS/c14-12-6-5-11(18-12)8-16-13(17)7-9-1-3-10(15)4-2-9/h1-6H,7-8H2,(H,16,17). The van der Waals surface area contributed by atoms with Crippen LogP contribution in [0.25, 0.3) is 0 Å². The zero-order chi connectivity index (χ0) is 13.0. The number of thiophene rings is 1. The molecule has 0 atom stereocenters. The highest BCUT2D eigenvalue weighted by atomic mass is 79.9. The Hall–Kier alpha value is -0.840. The lowest BCUT2D eigenvalue weighted by Crippen LogP contribution is -2.24. The van der Waals surface area contributed by atoms with Crippen molar-refractivity contribution >= 4 is 44.8 Å². The summed E-state index contributed by atoms with van der Waals surface area (Å²) in [4.78, 5) is 12.9. The number of nitrogens with one attached hydrogen (secondary N) is 1. The minimum atomic E-state index is 0.0156. The summed E-state index contributed by atoms with van der Waals surface area (Å²) in [5.41, 5.74) is 0.962. The fourth-order valence-corrected chi connectivity index (χ4v) is 3.03. The number of amides is 1. The summed E-state index contributed by atoms with van der Waals surface area (Å²) in [6.07, 6.45) is 0.379. The van der Waals surface area contributed by atoms with Crippen LogP contribution in [-0.4, -0.2) is 5.91 Å². The van der Waals surface area contributed by atoms with Crippen LogP contribution in [-0.2, 0) is 17.8 Å². The Morgan fingerprint density at radius 2 is 1.94 bits per heavy atom. The Morgan fingerprint density at radius 1 is 1.22 bits per heavy atom. The molecule has 0 unspecified atom stereocenters. The van der Waals surface area contributed by atoms with Gasteiger partial charge in [-0.05, 0) is 45.8 Å². The zero-order valence-electron chi connectivity index (χ0n) is 9.45. The van der Waals surface area contributed by atoms with Crippen molar-refractivity contribution in [3.05, 3.63) is 55.6 Å². The normalized spacial score (nSPS) is 10.3. The van der Waals surface area contributed by atoms with Crippen LogP contribution in [0, 0.1) is 0 Å². The minimum absolute atomic E-state index is 0.0156. The first-order chi connectivity index (χ1) is 8.63. The molecule has 1 heterocycles. The summed E-state index contributed by atoms with van der Waals surface area (Å²) in [5, 5.41) is 3.58. The molecule has 0 radical (unpaired) electrons. The van der Waals surface area contributed by atoms with E-state index in [2.05, 4.69) is 21.2 Å². The van der Waals surface area contributed by atoms with E-state index in [1.807, 2.05) is 24.3 Å². The van der Waals surface area contributed by atoms with Crippen LogP contribution >= 0.6 is 38.9 Å². The van der Waals surface area contributed by atoms with Crippen molar-refractivity contribution in [2.45, 2.75) is 13.0 Å². The van der Waals surface area contributed by atoms with Gasteiger partial charge in [-0.1, -0.05) is 23.7 Å². The molecule has 1 amide bonds. The van der Waals surface area contributed by atoms with Crippen molar-refractivity contribution in [3.8, 4) is 0 Å². The molecule has 94 valence electrons. The van der Waals surface area contributed by atoms with Crippen LogP contribution in [0.5, 0.6) is 0 Å². The van der Waals surface area contributed by atoms with Gasteiger partial charge in [0.25, 0.3) is 0 Å². The van der Waals surface area contributed by atoms with Gasteiger partial charge in [-0.3, -0.25) is 4.79 Å². The van der Waals surface area contributed by atoms with E-state index in [0.29, 0.717) is 18.0 Å². The third kappa shape index (κ3) is 4.12. The highest BCUT2D eigenvalue weighted by molar-refractivity contribution is 9.11. The minimum Gasteiger partial charge on any atom is -0.351 e. The second-order valence-electron chi connectivity index (χ2n) is 3.79. The Morgan fingerprint density at radius 3 is 2.56 bits per heavy atom. The Bertz CT molecular complexity index is 538. The van der Waals surface area contributed by atoms with Gasteiger partial charge in [0.2, 0.25) is 5.91 Å². The lowest BCUT2D eigenvalue weighted by Gasteiger charge is -2.04. The molecule has 1 aromatic heterocycles. The molecule has 0 fully saturated rings. The van der Waals surface area contributed by atoms with Gasteiger partial charge in [0.05, 0.1) is 16.8 Å². The summed E-state index contributed by atoms with van der Waals surface area (Å²) in [6.45, 7) is 0.572. The monoisotopic (exact) mass is 343 g/mol. The molecule has 1 aromatic carbocycles. The summed E-state index contributed by atoms with van der Waals surface area (Å²) < 4.78 is 1.07. The third-order valence-corrected chi connectivity index (χ3v) is 4.24. The van der Waals surface area contributed by atoms with Gasteiger partial charge in [0.15, 0.2) is 0 Å². The van der Waals surface area contributed by atoms with Crippen molar-refractivity contribution in [2.75, 3.05) is 0 Å². The van der Waals surface area contributed by atoms with Crippen LogP contribution < -0.4 is 5.32 Å². The number of benzene rings is 1. The first-order valence-corrected chi connectivity index (χ1v) is 7.37. The number of halogens is 2. The van der Waals surface area contributed by atoms with Gasteiger partial charge in [-0.25, -0.2) is 0 Å². The molecule has 0 saturated carbocycles.